The van der Waals surface area contributed by atoms with E-state index >= 15 is 0 Å². The van der Waals surface area contributed by atoms with E-state index in [1.807, 2.05) is 0 Å². The van der Waals surface area contributed by atoms with Gasteiger partial charge in [0.1, 0.15) is 0 Å². The Morgan fingerprint density at radius 3 is 2.79 bits per heavy atom. The number of likely N-dealkylation sites (tertiary alicyclic amines) is 1. The standard InChI is InChI=1S/C13H17N/c1-2-14-9-12-8-13(12,10-14)11-6-4-3-5-7-11/h3-7,12H,2,8-10H2,1H3/t12-,13?/m1/s1. The van der Waals surface area contributed by atoms with Crippen LogP contribution in [-0.4, -0.2) is 24.5 Å². The average Bonchev–Trinajstić information content (AvgIpc) is 2.83. The molecule has 2 aliphatic rings. The van der Waals surface area contributed by atoms with Crippen molar-refractivity contribution in [1.82, 2.24) is 4.90 Å². The third-order valence-corrected chi connectivity index (χ3v) is 4.01. The van der Waals surface area contributed by atoms with Crippen LogP contribution in [0.4, 0.5) is 0 Å². The van der Waals surface area contributed by atoms with Gasteiger partial charge in [0.2, 0.25) is 0 Å². The summed E-state index contributed by atoms with van der Waals surface area (Å²) in [5.41, 5.74) is 2.12. The van der Waals surface area contributed by atoms with Crippen molar-refractivity contribution in [2.24, 2.45) is 5.92 Å². The number of rotatable bonds is 2. The zero-order valence-corrected chi connectivity index (χ0v) is 8.74. The minimum Gasteiger partial charge on any atom is -0.302 e. The van der Waals surface area contributed by atoms with Gasteiger partial charge in [0.25, 0.3) is 0 Å². The molecule has 1 aliphatic heterocycles. The molecule has 1 heterocycles. The highest BCUT2D eigenvalue weighted by molar-refractivity contribution is 5.36. The number of hydrogen-bond donors (Lipinski definition) is 0. The zero-order valence-electron chi connectivity index (χ0n) is 8.74. The number of benzene rings is 1. The number of piperidine rings is 1. The molecule has 1 saturated heterocycles. The highest BCUT2D eigenvalue weighted by Gasteiger charge is 2.60. The molecule has 0 spiro atoms. The Hall–Kier alpha value is -0.820. The van der Waals surface area contributed by atoms with Crippen LogP contribution in [0.3, 0.4) is 0 Å². The smallest absolute Gasteiger partial charge is 0.0124 e. The average molecular weight is 187 g/mol. The van der Waals surface area contributed by atoms with Crippen molar-refractivity contribution in [2.45, 2.75) is 18.8 Å². The molecule has 3 rings (SSSR count). The highest BCUT2D eigenvalue weighted by atomic mass is 15.2. The molecular weight excluding hydrogens is 170 g/mol. The van der Waals surface area contributed by atoms with Gasteiger partial charge in [0, 0.05) is 18.5 Å². The molecule has 1 aromatic rings. The summed E-state index contributed by atoms with van der Waals surface area (Å²) in [4.78, 5) is 2.58. The Morgan fingerprint density at radius 2 is 2.14 bits per heavy atom. The molecule has 0 N–H and O–H groups in total. The maximum atomic E-state index is 2.58. The van der Waals surface area contributed by atoms with Crippen molar-refractivity contribution in [3.8, 4) is 0 Å². The molecule has 74 valence electrons. The first-order chi connectivity index (χ1) is 6.85. The normalized spacial score (nSPS) is 35.6. The fraction of sp³-hybridized carbons (Fsp3) is 0.538. The van der Waals surface area contributed by atoms with E-state index in [-0.39, 0.29) is 0 Å². The number of nitrogens with zero attached hydrogens (tertiary/aromatic N) is 1. The molecule has 1 nitrogen and oxygen atoms in total. The SMILES string of the molecule is CCN1C[C@H]2CC2(c2ccccc2)C1. The van der Waals surface area contributed by atoms with Crippen molar-refractivity contribution >= 4 is 0 Å². The molecule has 1 aromatic carbocycles. The van der Waals surface area contributed by atoms with Crippen molar-refractivity contribution in [3.63, 3.8) is 0 Å². The number of fused-ring (bicyclic) bond motifs is 1. The lowest BCUT2D eigenvalue weighted by Gasteiger charge is -2.18. The minimum absolute atomic E-state index is 0.553. The largest absolute Gasteiger partial charge is 0.302 e. The Morgan fingerprint density at radius 1 is 1.36 bits per heavy atom. The second-order valence-electron chi connectivity index (χ2n) is 4.75. The molecule has 1 saturated carbocycles. The number of likely N-dealkylation sites (N-methyl/N-ethyl adjacent to an activating group) is 1. The topological polar surface area (TPSA) is 3.24 Å². The van der Waals surface area contributed by atoms with Gasteiger partial charge in [-0.25, -0.2) is 0 Å². The van der Waals surface area contributed by atoms with Crippen LogP contribution in [0, 0.1) is 5.92 Å². The predicted octanol–water partition coefficient (Wildman–Crippen LogP) is 2.28. The summed E-state index contributed by atoms with van der Waals surface area (Å²) >= 11 is 0. The van der Waals surface area contributed by atoms with Gasteiger partial charge >= 0.3 is 0 Å². The Labute approximate surface area is 85.7 Å². The molecule has 0 radical (unpaired) electrons. The van der Waals surface area contributed by atoms with Crippen LogP contribution in [0.5, 0.6) is 0 Å². The van der Waals surface area contributed by atoms with E-state index in [0.717, 1.165) is 5.92 Å². The van der Waals surface area contributed by atoms with Gasteiger partial charge in [0.15, 0.2) is 0 Å². The van der Waals surface area contributed by atoms with E-state index in [2.05, 4.69) is 42.2 Å². The Bertz CT molecular complexity index is 332. The highest BCUT2D eigenvalue weighted by Crippen LogP contribution is 2.58. The molecule has 0 aromatic heterocycles. The van der Waals surface area contributed by atoms with Gasteiger partial charge in [-0.15, -0.1) is 0 Å². The van der Waals surface area contributed by atoms with Crippen molar-refractivity contribution in [3.05, 3.63) is 35.9 Å². The Kier molecular flexibility index (Phi) is 1.72. The quantitative estimate of drug-likeness (QED) is 0.686. The van der Waals surface area contributed by atoms with E-state index in [9.17, 15) is 0 Å². The first-order valence-corrected chi connectivity index (χ1v) is 5.63. The molecule has 0 amide bonds. The van der Waals surface area contributed by atoms with Gasteiger partial charge in [-0.3, -0.25) is 0 Å². The van der Waals surface area contributed by atoms with Crippen LogP contribution in [0.1, 0.15) is 18.9 Å². The molecule has 2 fully saturated rings. The molecular formula is C13H17N. The summed E-state index contributed by atoms with van der Waals surface area (Å²) in [5, 5.41) is 0. The lowest BCUT2D eigenvalue weighted by molar-refractivity contribution is 0.314. The maximum Gasteiger partial charge on any atom is 0.0124 e. The third-order valence-electron chi connectivity index (χ3n) is 4.01. The lowest BCUT2D eigenvalue weighted by atomic mass is 9.95. The summed E-state index contributed by atoms with van der Waals surface area (Å²) in [7, 11) is 0. The number of hydrogen-bond acceptors (Lipinski definition) is 1. The molecule has 2 atom stereocenters. The van der Waals surface area contributed by atoms with Gasteiger partial charge in [-0.2, -0.15) is 0 Å². The van der Waals surface area contributed by atoms with E-state index in [0.29, 0.717) is 5.41 Å². The monoisotopic (exact) mass is 187 g/mol. The summed E-state index contributed by atoms with van der Waals surface area (Å²) in [5.74, 6) is 0.949. The van der Waals surface area contributed by atoms with E-state index < -0.39 is 0 Å². The zero-order chi connectivity index (χ0) is 9.60. The minimum atomic E-state index is 0.553. The summed E-state index contributed by atoms with van der Waals surface area (Å²) in [6.45, 7) is 6.10. The van der Waals surface area contributed by atoms with Gasteiger partial charge in [-0.05, 0) is 24.4 Å². The first kappa shape index (κ1) is 8.49. The van der Waals surface area contributed by atoms with Crippen LogP contribution >= 0.6 is 0 Å². The lowest BCUT2D eigenvalue weighted by Crippen LogP contribution is -2.26. The van der Waals surface area contributed by atoms with Crippen molar-refractivity contribution < 1.29 is 0 Å². The Balaban J connectivity index is 1.88. The summed E-state index contributed by atoms with van der Waals surface area (Å²) in [6.07, 6.45) is 1.42. The fourth-order valence-corrected chi connectivity index (χ4v) is 3.04. The van der Waals surface area contributed by atoms with E-state index in [1.165, 1.54) is 26.1 Å². The van der Waals surface area contributed by atoms with Crippen LogP contribution in [0.2, 0.25) is 0 Å². The van der Waals surface area contributed by atoms with Crippen LogP contribution < -0.4 is 0 Å². The second kappa shape index (κ2) is 2.83. The molecule has 14 heavy (non-hydrogen) atoms. The van der Waals surface area contributed by atoms with E-state index in [1.54, 1.807) is 5.56 Å². The first-order valence-electron chi connectivity index (χ1n) is 5.63. The van der Waals surface area contributed by atoms with Crippen LogP contribution in [-0.2, 0) is 5.41 Å². The third kappa shape index (κ3) is 1.05. The molecule has 0 bridgehead atoms. The van der Waals surface area contributed by atoms with E-state index in [4.69, 9.17) is 0 Å². The van der Waals surface area contributed by atoms with Gasteiger partial charge < -0.3 is 4.90 Å². The van der Waals surface area contributed by atoms with Crippen LogP contribution in [0.15, 0.2) is 30.3 Å². The van der Waals surface area contributed by atoms with Gasteiger partial charge in [-0.1, -0.05) is 37.3 Å². The maximum absolute atomic E-state index is 2.58. The summed E-state index contributed by atoms with van der Waals surface area (Å²) < 4.78 is 0. The molecule has 1 heteroatoms. The van der Waals surface area contributed by atoms with Crippen molar-refractivity contribution in [1.29, 1.82) is 0 Å². The summed E-state index contributed by atoms with van der Waals surface area (Å²) in [6, 6.07) is 11.1. The molecule has 1 aliphatic carbocycles. The molecule has 1 unspecified atom stereocenters. The fourth-order valence-electron chi connectivity index (χ4n) is 3.04. The van der Waals surface area contributed by atoms with Gasteiger partial charge in [0.05, 0.1) is 0 Å². The van der Waals surface area contributed by atoms with Crippen molar-refractivity contribution in [2.75, 3.05) is 19.6 Å². The van der Waals surface area contributed by atoms with Crippen LogP contribution in [0.25, 0.3) is 0 Å². The predicted molar refractivity (Wildman–Crippen MR) is 58.3 cm³/mol. The second-order valence-corrected chi connectivity index (χ2v) is 4.75.